The molecule has 3 rings (SSSR count). The summed E-state index contributed by atoms with van der Waals surface area (Å²) in [5.41, 5.74) is -0.808. The van der Waals surface area contributed by atoms with E-state index in [0.717, 1.165) is 75.0 Å². The lowest BCUT2D eigenvalue weighted by Crippen LogP contribution is -2.42. The highest BCUT2D eigenvalue weighted by Crippen LogP contribution is 2.30. The predicted octanol–water partition coefficient (Wildman–Crippen LogP) is 2.55. The number of hydrogen-bond donors (Lipinski definition) is 1. The molecule has 1 N–H and O–H groups in total. The SMILES string of the molecule is CN=C(NCCc1nc(C(F)(F)F)cs1)N1CCC(CN2CCOCC2)C1.I. The van der Waals surface area contributed by atoms with Crippen molar-refractivity contribution in [2.45, 2.75) is 19.0 Å². The smallest absolute Gasteiger partial charge is 0.379 e. The van der Waals surface area contributed by atoms with Gasteiger partial charge in [0.25, 0.3) is 0 Å². The molecule has 1 atom stereocenters. The predicted molar refractivity (Wildman–Crippen MR) is 115 cm³/mol. The third kappa shape index (κ3) is 6.70. The Morgan fingerprint density at radius 3 is 2.75 bits per heavy atom. The van der Waals surface area contributed by atoms with E-state index in [0.29, 0.717) is 23.9 Å². The standard InChI is InChI=1S/C17H26F3N5OS.HI/c1-21-16(22-4-2-15-23-14(12-27-15)17(18,19)20)25-5-3-13(11-25)10-24-6-8-26-9-7-24;/h12-13H,2-11H2,1H3,(H,21,22);1H. The van der Waals surface area contributed by atoms with Gasteiger partial charge >= 0.3 is 6.18 Å². The number of nitrogens with zero attached hydrogens (tertiary/aromatic N) is 4. The van der Waals surface area contributed by atoms with Crippen LogP contribution < -0.4 is 5.32 Å². The van der Waals surface area contributed by atoms with E-state index < -0.39 is 11.9 Å². The maximum absolute atomic E-state index is 12.6. The van der Waals surface area contributed by atoms with Crippen LogP contribution in [0.1, 0.15) is 17.1 Å². The summed E-state index contributed by atoms with van der Waals surface area (Å²) in [6.07, 6.45) is -2.80. The molecule has 28 heavy (non-hydrogen) atoms. The van der Waals surface area contributed by atoms with Crippen molar-refractivity contribution in [3.05, 3.63) is 16.1 Å². The Morgan fingerprint density at radius 2 is 2.11 bits per heavy atom. The third-order valence-corrected chi connectivity index (χ3v) is 5.79. The number of rotatable bonds is 5. The summed E-state index contributed by atoms with van der Waals surface area (Å²) in [6, 6.07) is 0. The number of aliphatic imine (C=N–C) groups is 1. The molecule has 0 aromatic carbocycles. The first-order valence-corrected chi connectivity index (χ1v) is 10.1. The van der Waals surface area contributed by atoms with Crippen LogP contribution in [0.3, 0.4) is 0 Å². The first kappa shape index (κ1) is 23.6. The van der Waals surface area contributed by atoms with Crippen molar-refractivity contribution >= 4 is 41.3 Å². The van der Waals surface area contributed by atoms with Crippen LogP contribution >= 0.6 is 35.3 Å². The van der Waals surface area contributed by atoms with Crippen LogP contribution in [0.5, 0.6) is 0 Å². The van der Waals surface area contributed by atoms with E-state index in [1.165, 1.54) is 0 Å². The summed E-state index contributed by atoms with van der Waals surface area (Å²) in [6.45, 7) is 7.11. The molecule has 1 unspecified atom stereocenters. The number of thiazole rings is 1. The number of morpholine rings is 1. The second-order valence-electron chi connectivity index (χ2n) is 6.86. The Bertz CT molecular complexity index is 637. The van der Waals surface area contributed by atoms with Crippen molar-refractivity contribution in [1.82, 2.24) is 20.1 Å². The van der Waals surface area contributed by atoms with Gasteiger partial charge in [0, 0.05) is 58.1 Å². The highest BCUT2D eigenvalue weighted by molar-refractivity contribution is 14.0. The molecule has 2 fully saturated rings. The van der Waals surface area contributed by atoms with E-state index in [9.17, 15) is 13.2 Å². The van der Waals surface area contributed by atoms with E-state index in [-0.39, 0.29) is 24.0 Å². The van der Waals surface area contributed by atoms with Crippen molar-refractivity contribution in [3.8, 4) is 0 Å². The van der Waals surface area contributed by atoms with Gasteiger partial charge in [0.05, 0.1) is 18.2 Å². The molecule has 160 valence electrons. The van der Waals surface area contributed by atoms with Gasteiger partial charge in [-0.1, -0.05) is 0 Å². The fourth-order valence-corrected chi connectivity index (χ4v) is 4.30. The average molecular weight is 533 g/mol. The summed E-state index contributed by atoms with van der Waals surface area (Å²) in [7, 11) is 1.74. The molecule has 0 amide bonds. The minimum absolute atomic E-state index is 0. The Balaban J connectivity index is 0.00000280. The molecule has 3 heterocycles. The van der Waals surface area contributed by atoms with Gasteiger partial charge in [-0.15, -0.1) is 35.3 Å². The van der Waals surface area contributed by atoms with Crippen LogP contribution in [0.25, 0.3) is 0 Å². The second kappa shape index (κ2) is 10.9. The normalized spacial score (nSPS) is 21.6. The zero-order valence-corrected chi connectivity index (χ0v) is 19.0. The number of aromatic nitrogens is 1. The van der Waals surface area contributed by atoms with E-state index in [4.69, 9.17) is 4.74 Å². The molecular weight excluding hydrogens is 506 g/mol. The number of guanidine groups is 1. The number of nitrogens with one attached hydrogen (secondary N) is 1. The molecule has 0 radical (unpaired) electrons. The number of halogens is 4. The molecule has 1 aromatic rings. The maximum atomic E-state index is 12.6. The molecule has 0 aliphatic carbocycles. The number of likely N-dealkylation sites (tertiary alicyclic amines) is 1. The van der Waals surface area contributed by atoms with Crippen molar-refractivity contribution in [3.63, 3.8) is 0 Å². The van der Waals surface area contributed by atoms with Gasteiger partial charge < -0.3 is 15.0 Å². The monoisotopic (exact) mass is 533 g/mol. The molecule has 2 aliphatic heterocycles. The van der Waals surface area contributed by atoms with Gasteiger partial charge in [-0.05, 0) is 12.3 Å². The molecule has 11 heteroatoms. The van der Waals surface area contributed by atoms with Gasteiger partial charge in [0.1, 0.15) is 0 Å². The Morgan fingerprint density at radius 1 is 1.36 bits per heavy atom. The zero-order chi connectivity index (χ0) is 19.3. The van der Waals surface area contributed by atoms with Crippen LogP contribution in [0.2, 0.25) is 0 Å². The van der Waals surface area contributed by atoms with E-state index in [2.05, 4.69) is 25.1 Å². The van der Waals surface area contributed by atoms with Gasteiger partial charge in [-0.2, -0.15) is 13.2 Å². The summed E-state index contributed by atoms with van der Waals surface area (Å²) in [4.78, 5) is 12.7. The summed E-state index contributed by atoms with van der Waals surface area (Å²) in [5, 5.41) is 4.81. The maximum Gasteiger partial charge on any atom is 0.434 e. The highest BCUT2D eigenvalue weighted by atomic mass is 127. The average Bonchev–Trinajstić information content (AvgIpc) is 3.29. The van der Waals surface area contributed by atoms with Crippen LogP contribution in [-0.4, -0.2) is 80.3 Å². The number of ether oxygens (including phenoxy) is 1. The lowest BCUT2D eigenvalue weighted by Gasteiger charge is -2.29. The molecule has 6 nitrogen and oxygen atoms in total. The molecule has 2 saturated heterocycles. The fraction of sp³-hybridized carbons (Fsp3) is 0.765. The quantitative estimate of drug-likeness (QED) is 0.359. The minimum Gasteiger partial charge on any atom is -0.379 e. The van der Waals surface area contributed by atoms with Crippen molar-refractivity contribution in [2.75, 3.05) is 59.5 Å². The van der Waals surface area contributed by atoms with Gasteiger partial charge in [0.2, 0.25) is 0 Å². The summed E-state index contributed by atoms with van der Waals surface area (Å²) < 4.78 is 43.2. The summed E-state index contributed by atoms with van der Waals surface area (Å²) in [5.74, 6) is 1.42. The van der Waals surface area contributed by atoms with Crippen LogP contribution in [0.15, 0.2) is 10.4 Å². The largest absolute Gasteiger partial charge is 0.434 e. The Labute approximate surface area is 184 Å². The molecule has 2 aliphatic rings. The van der Waals surface area contributed by atoms with Crippen molar-refractivity contribution < 1.29 is 17.9 Å². The van der Waals surface area contributed by atoms with Gasteiger partial charge in [0.15, 0.2) is 11.7 Å². The number of hydrogen-bond acceptors (Lipinski definition) is 5. The molecule has 0 bridgehead atoms. The van der Waals surface area contributed by atoms with Crippen molar-refractivity contribution in [2.24, 2.45) is 10.9 Å². The lowest BCUT2D eigenvalue weighted by atomic mass is 10.1. The number of alkyl halides is 3. The molecule has 1 aromatic heterocycles. The zero-order valence-electron chi connectivity index (χ0n) is 15.9. The first-order valence-electron chi connectivity index (χ1n) is 9.23. The third-order valence-electron chi connectivity index (χ3n) is 4.88. The first-order chi connectivity index (χ1) is 13.0. The lowest BCUT2D eigenvalue weighted by molar-refractivity contribution is -0.140. The highest BCUT2D eigenvalue weighted by Gasteiger charge is 2.33. The Hall–Kier alpha value is -0.660. The van der Waals surface area contributed by atoms with E-state index >= 15 is 0 Å². The topological polar surface area (TPSA) is 53.0 Å². The minimum atomic E-state index is -4.37. The van der Waals surface area contributed by atoms with E-state index in [1.807, 2.05) is 0 Å². The van der Waals surface area contributed by atoms with E-state index in [1.54, 1.807) is 7.05 Å². The summed E-state index contributed by atoms with van der Waals surface area (Å²) >= 11 is 1.05. The molecule has 0 saturated carbocycles. The van der Waals surface area contributed by atoms with Crippen molar-refractivity contribution in [1.29, 1.82) is 0 Å². The Kier molecular flexibility index (Phi) is 9.22. The van der Waals surface area contributed by atoms with Gasteiger partial charge in [-0.25, -0.2) is 4.98 Å². The molecule has 0 spiro atoms. The molecular formula is C17H27F3IN5OS. The van der Waals surface area contributed by atoms with Crippen LogP contribution in [0.4, 0.5) is 13.2 Å². The van der Waals surface area contributed by atoms with Crippen LogP contribution in [0, 0.1) is 5.92 Å². The second-order valence-corrected chi connectivity index (χ2v) is 7.80. The van der Waals surface area contributed by atoms with Crippen LogP contribution in [-0.2, 0) is 17.3 Å². The van der Waals surface area contributed by atoms with Gasteiger partial charge in [-0.3, -0.25) is 9.89 Å². The fourth-order valence-electron chi connectivity index (χ4n) is 3.49.